The van der Waals surface area contributed by atoms with E-state index in [4.69, 9.17) is 11.6 Å². The number of nitrogens with one attached hydrogen (secondary N) is 2. The summed E-state index contributed by atoms with van der Waals surface area (Å²) >= 11 is 6.05. The van der Waals surface area contributed by atoms with Gasteiger partial charge in [-0.3, -0.25) is 4.79 Å². The van der Waals surface area contributed by atoms with Crippen LogP contribution in [0.5, 0.6) is 0 Å². The van der Waals surface area contributed by atoms with Crippen LogP contribution in [-0.4, -0.2) is 27.9 Å². The molecule has 1 atom stereocenters. The Morgan fingerprint density at radius 2 is 2.17 bits per heavy atom. The molecule has 5 nitrogen and oxygen atoms in total. The minimum atomic E-state index is -0.0337. The summed E-state index contributed by atoms with van der Waals surface area (Å²) in [6, 6.07) is 7.89. The molecule has 1 aromatic carbocycles. The van der Waals surface area contributed by atoms with E-state index in [-0.39, 0.29) is 17.2 Å². The number of fused-ring (bicyclic) bond motifs is 1. The largest absolute Gasteiger partial charge is 0.355 e. The third-order valence-electron chi connectivity index (χ3n) is 4.56. The molecule has 1 unspecified atom stereocenters. The quantitative estimate of drug-likeness (QED) is 0.874. The van der Waals surface area contributed by atoms with Crippen LogP contribution in [0, 0.1) is 11.3 Å². The molecule has 0 saturated heterocycles. The number of nitrogens with zero attached hydrogens (tertiary/aromatic N) is 2. The summed E-state index contributed by atoms with van der Waals surface area (Å²) in [5.74, 6) is 0.104. The summed E-state index contributed by atoms with van der Waals surface area (Å²) < 4.78 is 0. The van der Waals surface area contributed by atoms with Crippen molar-refractivity contribution in [3.05, 3.63) is 46.2 Å². The Hall–Kier alpha value is -1.88. The maximum atomic E-state index is 12.5. The van der Waals surface area contributed by atoms with Crippen molar-refractivity contribution >= 4 is 17.5 Å². The zero-order chi connectivity index (χ0) is 17.2. The lowest BCUT2D eigenvalue weighted by Crippen LogP contribution is -2.40. The van der Waals surface area contributed by atoms with Crippen LogP contribution in [0.4, 0.5) is 0 Å². The van der Waals surface area contributed by atoms with Gasteiger partial charge in [0.05, 0.1) is 11.4 Å². The number of hydrogen-bond acceptors (Lipinski definition) is 3. The van der Waals surface area contributed by atoms with Gasteiger partial charge < -0.3 is 5.32 Å². The van der Waals surface area contributed by atoms with Crippen LogP contribution < -0.4 is 5.32 Å². The van der Waals surface area contributed by atoms with E-state index >= 15 is 0 Å². The highest BCUT2D eigenvalue weighted by Crippen LogP contribution is 2.25. The molecule has 2 aromatic rings. The predicted molar refractivity (Wildman–Crippen MR) is 93.8 cm³/mol. The van der Waals surface area contributed by atoms with E-state index in [1.807, 2.05) is 18.2 Å². The van der Waals surface area contributed by atoms with Gasteiger partial charge in [0.25, 0.3) is 0 Å². The second kappa shape index (κ2) is 6.93. The zero-order valence-electron chi connectivity index (χ0n) is 14.1. The number of aromatic nitrogens is 3. The van der Waals surface area contributed by atoms with Crippen LogP contribution in [0.1, 0.15) is 37.2 Å². The fourth-order valence-corrected chi connectivity index (χ4v) is 3.45. The van der Waals surface area contributed by atoms with Gasteiger partial charge in [0.15, 0.2) is 0 Å². The predicted octanol–water partition coefficient (Wildman–Crippen LogP) is 2.95. The van der Waals surface area contributed by atoms with E-state index < -0.39 is 0 Å². The number of aromatic amines is 1. The Morgan fingerprint density at radius 3 is 2.96 bits per heavy atom. The fourth-order valence-electron chi connectivity index (χ4n) is 3.24. The van der Waals surface area contributed by atoms with E-state index in [9.17, 15) is 4.79 Å². The van der Waals surface area contributed by atoms with Crippen molar-refractivity contribution in [3.63, 3.8) is 0 Å². The van der Waals surface area contributed by atoms with Gasteiger partial charge >= 0.3 is 0 Å². The standard InChI is InChI=1S/C18H23ClN4O/c1-18(2,10-12-4-3-5-14(19)8-12)11-20-17(24)13-6-7-15-16(9-13)22-23-21-15/h3-5,8,13H,6-7,9-11H2,1-2H3,(H,20,24)(H,21,22,23). The molecule has 0 aliphatic heterocycles. The second-order valence-corrected chi connectivity index (χ2v) is 7.78. The highest BCUT2D eigenvalue weighted by molar-refractivity contribution is 6.30. The van der Waals surface area contributed by atoms with Crippen molar-refractivity contribution in [2.75, 3.05) is 6.54 Å². The molecule has 0 radical (unpaired) electrons. The van der Waals surface area contributed by atoms with Gasteiger partial charge in [0, 0.05) is 23.9 Å². The molecule has 1 heterocycles. The van der Waals surface area contributed by atoms with Gasteiger partial charge in [-0.15, -0.1) is 0 Å². The number of carbonyl (C=O) groups is 1. The van der Waals surface area contributed by atoms with Crippen LogP contribution in [-0.2, 0) is 24.1 Å². The maximum absolute atomic E-state index is 12.5. The number of H-pyrrole nitrogens is 1. The van der Waals surface area contributed by atoms with Crippen LogP contribution in [0.15, 0.2) is 24.3 Å². The number of amides is 1. The Morgan fingerprint density at radius 1 is 1.38 bits per heavy atom. The monoisotopic (exact) mass is 346 g/mol. The van der Waals surface area contributed by atoms with Gasteiger partial charge in [-0.2, -0.15) is 15.4 Å². The molecule has 0 bridgehead atoms. The first-order chi connectivity index (χ1) is 11.4. The molecule has 128 valence electrons. The first-order valence-corrected chi connectivity index (χ1v) is 8.71. The summed E-state index contributed by atoms with van der Waals surface area (Å²) in [7, 11) is 0. The molecule has 3 rings (SSSR count). The number of benzene rings is 1. The van der Waals surface area contributed by atoms with Crippen LogP contribution in [0.3, 0.4) is 0 Å². The minimum absolute atomic E-state index is 0.00966. The van der Waals surface area contributed by atoms with E-state index in [1.165, 1.54) is 5.56 Å². The highest BCUT2D eigenvalue weighted by Gasteiger charge is 2.28. The molecule has 1 aliphatic carbocycles. The average molecular weight is 347 g/mol. The Balaban J connectivity index is 1.53. The molecule has 2 N–H and O–H groups in total. The van der Waals surface area contributed by atoms with Crippen molar-refractivity contribution in [2.45, 2.75) is 39.5 Å². The van der Waals surface area contributed by atoms with Crippen molar-refractivity contribution in [1.82, 2.24) is 20.7 Å². The molecule has 1 aromatic heterocycles. The van der Waals surface area contributed by atoms with E-state index in [2.05, 4.69) is 40.6 Å². The molecular formula is C18H23ClN4O. The van der Waals surface area contributed by atoms with E-state index in [0.29, 0.717) is 13.0 Å². The van der Waals surface area contributed by atoms with Crippen LogP contribution in [0.25, 0.3) is 0 Å². The first kappa shape index (κ1) is 17.0. The van der Waals surface area contributed by atoms with Gasteiger partial charge in [-0.1, -0.05) is 37.6 Å². The molecular weight excluding hydrogens is 324 g/mol. The van der Waals surface area contributed by atoms with Gasteiger partial charge in [0.1, 0.15) is 0 Å². The first-order valence-electron chi connectivity index (χ1n) is 8.34. The number of rotatable bonds is 5. The molecule has 1 aliphatic rings. The number of carbonyl (C=O) groups excluding carboxylic acids is 1. The molecule has 6 heteroatoms. The van der Waals surface area contributed by atoms with Crippen molar-refractivity contribution in [2.24, 2.45) is 11.3 Å². The number of hydrogen-bond donors (Lipinski definition) is 2. The SMILES string of the molecule is CC(C)(CNC(=O)C1CCc2n[nH]nc2C1)Cc1cccc(Cl)c1. The lowest BCUT2D eigenvalue weighted by atomic mass is 9.85. The van der Waals surface area contributed by atoms with E-state index in [0.717, 1.165) is 35.7 Å². The smallest absolute Gasteiger partial charge is 0.223 e. The maximum Gasteiger partial charge on any atom is 0.223 e. The molecule has 1 amide bonds. The molecule has 0 fully saturated rings. The number of aryl methyl sites for hydroxylation is 1. The fraction of sp³-hybridized carbons (Fsp3) is 0.500. The van der Waals surface area contributed by atoms with Crippen LogP contribution >= 0.6 is 11.6 Å². The average Bonchev–Trinajstić information content (AvgIpc) is 2.99. The summed E-state index contributed by atoms with van der Waals surface area (Å²) in [6.45, 7) is 4.95. The Kier molecular flexibility index (Phi) is 4.90. The highest BCUT2D eigenvalue weighted by atomic mass is 35.5. The molecule has 0 spiro atoms. The molecule has 0 saturated carbocycles. The lowest BCUT2D eigenvalue weighted by molar-refractivity contribution is -0.125. The van der Waals surface area contributed by atoms with E-state index in [1.54, 1.807) is 0 Å². The number of halogens is 1. The minimum Gasteiger partial charge on any atom is -0.355 e. The summed E-state index contributed by atoms with van der Waals surface area (Å²) in [4.78, 5) is 12.5. The Bertz CT molecular complexity index is 725. The normalized spacial score (nSPS) is 17.4. The van der Waals surface area contributed by atoms with Gasteiger partial charge in [0.2, 0.25) is 5.91 Å². The van der Waals surface area contributed by atoms with Crippen molar-refractivity contribution < 1.29 is 4.79 Å². The van der Waals surface area contributed by atoms with Crippen molar-refractivity contribution in [1.29, 1.82) is 0 Å². The van der Waals surface area contributed by atoms with Crippen LogP contribution in [0.2, 0.25) is 5.02 Å². The summed E-state index contributed by atoms with van der Waals surface area (Å²) in [5.41, 5.74) is 3.08. The molecule has 24 heavy (non-hydrogen) atoms. The van der Waals surface area contributed by atoms with Gasteiger partial charge in [-0.05, 0) is 42.4 Å². The summed E-state index contributed by atoms with van der Waals surface area (Å²) in [5, 5.41) is 14.8. The zero-order valence-corrected chi connectivity index (χ0v) is 14.9. The van der Waals surface area contributed by atoms with Gasteiger partial charge in [-0.25, -0.2) is 0 Å². The topological polar surface area (TPSA) is 70.7 Å². The third-order valence-corrected chi connectivity index (χ3v) is 4.79. The van der Waals surface area contributed by atoms with Crippen molar-refractivity contribution in [3.8, 4) is 0 Å². The Labute approximate surface area is 147 Å². The summed E-state index contributed by atoms with van der Waals surface area (Å²) in [6.07, 6.45) is 3.19. The lowest BCUT2D eigenvalue weighted by Gasteiger charge is -2.27. The second-order valence-electron chi connectivity index (χ2n) is 7.35. The third kappa shape index (κ3) is 4.15.